The van der Waals surface area contributed by atoms with Gasteiger partial charge in [-0.05, 0) is 45.2 Å². The van der Waals surface area contributed by atoms with Crippen LogP contribution in [0.15, 0.2) is 0 Å². The van der Waals surface area contributed by atoms with Crippen molar-refractivity contribution in [3.05, 3.63) is 0 Å². The molecule has 2 saturated heterocycles. The zero-order valence-corrected chi connectivity index (χ0v) is 12.5. The Kier molecular flexibility index (Phi) is 4.02. The molecule has 3 aliphatic rings. The second-order valence-electron chi connectivity index (χ2n) is 6.72. The van der Waals surface area contributed by atoms with E-state index < -0.39 is 11.5 Å². The normalized spacial score (nSPS) is 31.6. The van der Waals surface area contributed by atoms with Crippen LogP contribution in [-0.4, -0.2) is 72.2 Å². The Balaban J connectivity index is 1.65. The zero-order chi connectivity index (χ0) is 14.2. The standard InChI is InChI=1S/C15H27N3O2/c1-16-15(14(19)20,12-5-6-12)11-17-8-9-18-7-3-2-4-13(18)10-17/h12-13,16H,2-11H2,1H3,(H,19,20). The van der Waals surface area contributed by atoms with E-state index in [1.54, 1.807) is 0 Å². The van der Waals surface area contributed by atoms with Crippen molar-refractivity contribution in [2.75, 3.05) is 39.8 Å². The van der Waals surface area contributed by atoms with Crippen LogP contribution in [0.4, 0.5) is 0 Å². The van der Waals surface area contributed by atoms with Gasteiger partial charge < -0.3 is 10.4 Å². The molecule has 0 radical (unpaired) electrons. The fourth-order valence-corrected chi connectivity index (χ4v) is 4.05. The average molecular weight is 281 g/mol. The van der Waals surface area contributed by atoms with Crippen LogP contribution in [0.5, 0.6) is 0 Å². The fraction of sp³-hybridized carbons (Fsp3) is 0.933. The number of hydrogen-bond donors (Lipinski definition) is 2. The van der Waals surface area contributed by atoms with Gasteiger partial charge in [0.15, 0.2) is 0 Å². The first-order valence-electron chi connectivity index (χ1n) is 8.04. The molecule has 0 spiro atoms. The number of fused-ring (bicyclic) bond motifs is 1. The highest BCUT2D eigenvalue weighted by Crippen LogP contribution is 2.40. The van der Waals surface area contributed by atoms with Gasteiger partial charge in [-0.2, -0.15) is 0 Å². The van der Waals surface area contributed by atoms with Gasteiger partial charge in [-0.15, -0.1) is 0 Å². The summed E-state index contributed by atoms with van der Waals surface area (Å²) < 4.78 is 0. The number of rotatable bonds is 5. The van der Waals surface area contributed by atoms with Gasteiger partial charge in [-0.25, -0.2) is 0 Å². The minimum absolute atomic E-state index is 0.314. The summed E-state index contributed by atoms with van der Waals surface area (Å²) in [5.41, 5.74) is -0.725. The minimum atomic E-state index is -0.725. The van der Waals surface area contributed by atoms with Crippen molar-refractivity contribution in [3.8, 4) is 0 Å². The number of nitrogens with zero attached hydrogens (tertiary/aromatic N) is 2. The van der Waals surface area contributed by atoms with E-state index in [-0.39, 0.29) is 0 Å². The summed E-state index contributed by atoms with van der Waals surface area (Å²) in [5.74, 6) is -0.358. The van der Waals surface area contributed by atoms with Crippen molar-refractivity contribution in [1.29, 1.82) is 0 Å². The van der Waals surface area contributed by atoms with E-state index in [0.717, 1.165) is 32.5 Å². The van der Waals surface area contributed by atoms with Gasteiger partial charge in [0.2, 0.25) is 0 Å². The van der Waals surface area contributed by atoms with Crippen molar-refractivity contribution < 1.29 is 9.90 Å². The Labute approximate surface area is 121 Å². The summed E-state index contributed by atoms with van der Waals surface area (Å²) >= 11 is 0. The van der Waals surface area contributed by atoms with Gasteiger partial charge >= 0.3 is 5.97 Å². The molecule has 2 unspecified atom stereocenters. The zero-order valence-electron chi connectivity index (χ0n) is 12.5. The van der Waals surface area contributed by atoms with E-state index >= 15 is 0 Å². The van der Waals surface area contributed by atoms with Crippen LogP contribution in [0.3, 0.4) is 0 Å². The lowest BCUT2D eigenvalue weighted by atomic mass is 9.91. The third kappa shape index (κ3) is 2.59. The van der Waals surface area contributed by atoms with E-state index in [9.17, 15) is 9.90 Å². The monoisotopic (exact) mass is 281 g/mol. The van der Waals surface area contributed by atoms with Crippen molar-refractivity contribution in [3.63, 3.8) is 0 Å². The molecule has 0 amide bonds. The smallest absolute Gasteiger partial charge is 0.325 e. The number of likely N-dealkylation sites (N-methyl/N-ethyl adjacent to an activating group) is 1. The molecular weight excluding hydrogens is 254 g/mol. The number of piperidine rings is 1. The molecule has 3 fully saturated rings. The van der Waals surface area contributed by atoms with Crippen LogP contribution in [-0.2, 0) is 4.79 Å². The second kappa shape index (κ2) is 5.62. The maximum Gasteiger partial charge on any atom is 0.325 e. The molecule has 0 bridgehead atoms. The van der Waals surface area contributed by atoms with E-state index in [0.29, 0.717) is 18.5 Å². The summed E-state index contributed by atoms with van der Waals surface area (Å²) in [6.07, 6.45) is 6.04. The van der Waals surface area contributed by atoms with Gasteiger partial charge in [-0.3, -0.25) is 14.6 Å². The molecule has 20 heavy (non-hydrogen) atoms. The molecule has 0 aromatic rings. The molecule has 5 nitrogen and oxygen atoms in total. The van der Waals surface area contributed by atoms with Crippen molar-refractivity contribution >= 4 is 5.97 Å². The number of carboxylic acids is 1. The number of aliphatic carboxylic acids is 1. The molecule has 1 aliphatic carbocycles. The maximum atomic E-state index is 11.8. The highest BCUT2D eigenvalue weighted by Gasteiger charge is 2.51. The molecule has 2 N–H and O–H groups in total. The molecule has 2 atom stereocenters. The molecule has 5 heteroatoms. The van der Waals surface area contributed by atoms with Gasteiger partial charge in [0.1, 0.15) is 5.54 Å². The Morgan fingerprint density at radius 2 is 2.05 bits per heavy atom. The van der Waals surface area contributed by atoms with E-state index in [2.05, 4.69) is 15.1 Å². The largest absolute Gasteiger partial charge is 0.480 e. The predicted octanol–water partition coefficient (Wildman–Crippen LogP) is 0.609. The lowest BCUT2D eigenvalue weighted by Crippen LogP contribution is -2.63. The van der Waals surface area contributed by atoms with Crippen molar-refractivity contribution in [2.24, 2.45) is 5.92 Å². The molecule has 2 heterocycles. The van der Waals surface area contributed by atoms with Crippen molar-refractivity contribution in [1.82, 2.24) is 15.1 Å². The van der Waals surface area contributed by atoms with Crippen LogP contribution < -0.4 is 5.32 Å². The van der Waals surface area contributed by atoms with Crippen LogP contribution in [0, 0.1) is 5.92 Å². The van der Waals surface area contributed by atoms with Crippen molar-refractivity contribution in [2.45, 2.75) is 43.7 Å². The Hall–Kier alpha value is -0.650. The van der Waals surface area contributed by atoms with Gasteiger partial charge in [0, 0.05) is 32.2 Å². The van der Waals surface area contributed by atoms with Crippen LogP contribution >= 0.6 is 0 Å². The number of carboxylic acid groups (broad SMARTS) is 1. The lowest BCUT2D eigenvalue weighted by molar-refractivity contribution is -0.147. The average Bonchev–Trinajstić information content (AvgIpc) is 3.29. The molecule has 0 aromatic heterocycles. The van der Waals surface area contributed by atoms with Crippen LogP contribution in [0.25, 0.3) is 0 Å². The van der Waals surface area contributed by atoms with E-state index in [4.69, 9.17) is 0 Å². The fourth-order valence-electron chi connectivity index (χ4n) is 4.05. The minimum Gasteiger partial charge on any atom is -0.480 e. The van der Waals surface area contributed by atoms with Gasteiger partial charge in [0.25, 0.3) is 0 Å². The summed E-state index contributed by atoms with van der Waals surface area (Å²) in [5, 5.41) is 12.8. The SMILES string of the molecule is CNC(CN1CCN2CCCCC2C1)(C(=O)O)C1CC1. The van der Waals surface area contributed by atoms with Crippen LogP contribution in [0.2, 0.25) is 0 Å². The Bertz CT molecular complexity index is 372. The van der Waals surface area contributed by atoms with Gasteiger partial charge in [0.05, 0.1) is 0 Å². The van der Waals surface area contributed by atoms with Gasteiger partial charge in [-0.1, -0.05) is 6.42 Å². The molecule has 1 saturated carbocycles. The van der Waals surface area contributed by atoms with E-state index in [1.165, 1.54) is 25.8 Å². The highest BCUT2D eigenvalue weighted by molar-refractivity contribution is 5.80. The topological polar surface area (TPSA) is 55.8 Å². The third-order valence-corrected chi connectivity index (χ3v) is 5.50. The summed E-state index contributed by atoms with van der Waals surface area (Å²) in [6.45, 7) is 5.06. The summed E-state index contributed by atoms with van der Waals surface area (Å²) in [6, 6.07) is 0.653. The first-order valence-corrected chi connectivity index (χ1v) is 8.04. The number of hydrogen-bond acceptors (Lipinski definition) is 4. The maximum absolute atomic E-state index is 11.8. The molecular formula is C15H27N3O2. The Morgan fingerprint density at radius 1 is 1.25 bits per heavy atom. The second-order valence-corrected chi connectivity index (χ2v) is 6.72. The van der Waals surface area contributed by atoms with Crippen LogP contribution in [0.1, 0.15) is 32.1 Å². The number of carbonyl (C=O) groups is 1. The van der Waals surface area contributed by atoms with E-state index in [1.807, 2.05) is 7.05 Å². The first-order chi connectivity index (χ1) is 9.65. The lowest BCUT2D eigenvalue weighted by Gasteiger charge is -2.46. The first kappa shape index (κ1) is 14.3. The molecule has 2 aliphatic heterocycles. The number of piperazine rings is 1. The summed E-state index contributed by atoms with van der Waals surface area (Å²) in [7, 11) is 1.81. The third-order valence-electron chi connectivity index (χ3n) is 5.50. The highest BCUT2D eigenvalue weighted by atomic mass is 16.4. The predicted molar refractivity (Wildman–Crippen MR) is 77.8 cm³/mol. The Morgan fingerprint density at radius 3 is 2.70 bits per heavy atom. The molecule has 3 rings (SSSR count). The molecule has 114 valence electrons. The molecule has 0 aromatic carbocycles. The summed E-state index contributed by atoms with van der Waals surface area (Å²) in [4.78, 5) is 16.8. The quantitative estimate of drug-likeness (QED) is 0.773. The number of nitrogens with one attached hydrogen (secondary N) is 1.